The van der Waals surface area contributed by atoms with Gasteiger partial charge in [-0.2, -0.15) is 0 Å². The highest BCUT2D eigenvalue weighted by Gasteiger charge is 2.21. The standard InChI is InChI=1S/C19H18N4O5/c24-17(12-20-19(26)13-4-1-7-16(10-13)23(27)28)21-14-5-2-6-15(11-14)22-9-3-8-18(22)25/h1-2,4-7,10-11H,3,8-9,12H2,(H,20,26)(H,21,24). The van der Waals surface area contributed by atoms with Gasteiger partial charge in [0.05, 0.1) is 11.5 Å². The number of hydrogen-bond acceptors (Lipinski definition) is 5. The van der Waals surface area contributed by atoms with Gasteiger partial charge in [0.25, 0.3) is 11.6 Å². The molecule has 2 aromatic carbocycles. The highest BCUT2D eigenvalue weighted by molar-refractivity contribution is 6.00. The van der Waals surface area contributed by atoms with Crippen molar-refractivity contribution in [3.05, 3.63) is 64.2 Å². The summed E-state index contributed by atoms with van der Waals surface area (Å²) >= 11 is 0. The predicted octanol–water partition coefficient (Wildman–Crippen LogP) is 2.09. The molecule has 3 rings (SSSR count). The van der Waals surface area contributed by atoms with Gasteiger partial charge in [0.2, 0.25) is 11.8 Å². The molecule has 0 saturated carbocycles. The van der Waals surface area contributed by atoms with Crippen LogP contribution >= 0.6 is 0 Å². The van der Waals surface area contributed by atoms with Gasteiger partial charge in [-0.05, 0) is 30.7 Å². The molecule has 1 fully saturated rings. The quantitative estimate of drug-likeness (QED) is 0.585. The molecule has 1 aliphatic rings. The Morgan fingerprint density at radius 3 is 2.64 bits per heavy atom. The number of nitrogens with one attached hydrogen (secondary N) is 2. The van der Waals surface area contributed by atoms with Crippen molar-refractivity contribution in [2.45, 2.75) is 12.8 Å². The number of nitro groups is 1. The summed E-state index contributed by atoms with van der Waals surface area (Å²) in [7, 11) is 0. The summed E-state index contributed by atoms with van der Waals surface area (Å²) in [5.41, 5.74) is 1.11. The number of benzene rings is 2. The zero-order valence-corrected chi connectivity index (χ0v) is 14.9. The van der Waals surface area contributed by atoms with Crippen LogP contribution in [-0.4, -0.2) is 35.7 Å². The van der Waals surface area contributed by atoms with Gasteiger partial charge in [0, 0.05) is 42.0 Å². The number of carbonyl (C=O) groups excluding carboxylic acids is 3. The normalized spacial score (nSPS) is 13.3. The van der Waals surface area contributed by atoms with Crippen LogP contribution in [0.1, 0.15) is 23.2 Å². The number of nitro benzene ring substituents is 1. The lowest BCUT2D eigenvalue weighted by molar-refractivity contribution is -0.384. The summed E-state index contributed by atoms with van der Waals surface area (Å²) in [4.78, 5) is 47.9. The maximum absolute atomic E-state index is 12.1. The predicted molar refractivity (Wildman–Crippen MR) is 102 cm³/mol. The number of nitrogens with zero attached hydrogens (tertiary/aromatic N) is 2. The maximum Gasteiger partial charge on any atom is 0.270 e. The fourth-order valence-electron chi connectivity index (χ4n) is 2.90. The Morgan fingerprint density at radius 2 is 1.93 bits per heavy atom. The van der Waals surface area contributed by atoms with Gasteiger partial charge in [0.1, 0.15) is 0 Å². The van der Waals surface area contributed by atoms with Crippen LogP contribution in [0.25, 0.3) is 0 Å². The molecular formula is C19H18N4O5. The molecule has 2 aromatic rings. The number of anilines is 2. The Morgan fingerprint density at radius 1 is 1.14 bits per heavy atom. The largest absolute Gasteiger partial charge is 0.343 e. The highest BCUT2D eigenvalue weighted by Crippen LogP contribution is 2.24. The molecule has 1 heterocycles. The zero-order chi connectivity index (χ0) is 20.1. The molecule has 144 valence electrons. The van der Waals surface area contributed by atoms with Crippen LogP contribution in [-0.2, 0) is 9.59 Å². The molecule has 0 bridgehead atoms. The lowest BCUT2D eigenvalue weighted by Crippen LogP contribution is -2.33. The Kier molecular flexibility index (Phi) is 5.64. The Hall–Kier alpha value is -3.75. The minimum Gasteiger partial charge on any atom is -0.343 e. The average molecular weight is 382 g/mol. The molecule has 9 heteroatoms. The molecule has 0 radical (unpaired) electrons. The molecular weight excluding hydrogens is 364 g/mol. The van der Waals surface area contributed by atoms with E-state index in [-0.39, 0.29) is 23.7 Å². The molecule has 28 heavy (non-hydrogen) atoms. The molecule has 2 N–H and O–H groups in total. The van der Waals surface area contributed by atoms with Crippen LogP contribution in [0.15, 0.2) is 48.5 Å². The first-order valence-corrected chi connectivity index (χ1v) is 8.67. The van der Waals surface area contributed by atoms with E-state index in [1.807, 2.05) is 0 Å². The van der Waals surface area contributed by atoms with E-state index >= 15 is 0 Å². The lowest BCUT2D eigenvalue weighted by Gasteiger charge is -2.16. The van der Waals surface area contributed by atoms with E-state index in [1.165, 1.54) is 18.2 Å². The second-order valence-electron chi connectivity index (χ2n) is 6.24. The SMILES string of the molecule is O=C(CNC(=O)c1cccc([N+](=O)[O-])c1)Nc1cccc(N2CCCC2=O)c1. The van der Waals surface area contributed by atoms with E-state index in [0.717, 1.165) is 12.5 Å². The first-order valence-electron chi connectivity index (χ1n) is 8.67. The number of non-ortho nitro benzene ring substituents is 1. The lowest BCUT2D eigenvalue weighted by atomic mass is 10.2. The number of rotatable bonds is 6. The van der Waals surface area contributed by atoms with Crippen molar-refractivity contribution in [3.8, 4) is 0 Å². The minimum absolute atomic E-state index is 0.0488. The average Bonchev–Trinajstić information content (AvgIpc) is 3.12. The monoisotopic (exact) mass is 382 g/mol. The van der Waals surface area contributed by atoms with Gasteiger partial charge < -0.3 is 15.5 Å². The second-order valence-corrected chi connectivity index (χ2v) is 6.24. The summed E-state index contributed by atoms with van der Waals surface area (Å²) in [5, 5.41) is 15.9. The third-order valence-corrected chi connectivity index (χ3v) is 4.24. The van der Waals surface area contributed by atoms with Crippen LogP contribution < -0.4 is 15.5 Å². The molecule has 0 aromatic heterocycles. The van der Waals surface area contributed by atoms with Gasteiger partial charge >= 0.3 is 0 Å². The van der Waals surface area contributed by atoms with Crippen LogP contribution in [0.3, 0.4) is 0 Å². The smallest absolute Gasteiger partial charge is 0.270 e. The van der Waals surface area contributed by atoms with Crippen LogP contribution in [0, 0.1) is 10.1 Å². The Bertz CT molecular complexity index is 943. The zero-order valence-electron chi connectivity index (χ0n) is 14.9. The summed E-state index contributed by atoms with van der Waals surface area (Å²) in [5.74, 6) is -0.994. The first-order chi connectivity index (χ1) is 13.4. The van der Waals surface area contributed by atoms with Gasteiger partial charge in [0.15, 0.2) is 0 Å². The third kappa shape index (κ3) is 4.50. The summed E-state index contributed by atoms with van der Waals surface area (Å²) in [6.45, 7) is 0.351. The van der Waals surface area contributed by atoms with Crippen LogP contribution in [0.4, 0.5) is 17.1 Å². The molecule has 9 nitrogen and oxygen atoms in total. The van der Waals surface area contributed by atoms with E-state index in [0.29, 0.717) is 24.3 Å². The van der Waals surface area contributed by atoms with Gasteiger partial charge in [-0.25, -0.2) is 0 Å². The van der Waals surface area contributed by atoms with Crippen molar-refractivity contribution in [1.29, 1.82) is 0 Å². The molecule has 0 unspecified atom stereocenters. The van der Waals surface area contributed by atoms with Crippen molar-refractivity contribution in [2.75, 3.05) is 23.3 Å². The number of carbonyl (C=O) groups is 3. The van der Waals surface area contributed by atoms with Crippen molar-refractivity contribution < 1.29 is 19.3 Å². The van der Waals surface area contributed by atoms with Gasteiger partial charge in [-0.15, -0.1) is 0 Å². The van der Waals surface area contributed by atoms with Crippen molar-refractivity contribution in [1.82, 2.24) is 5.32 Å². The number of amides is 3. The van der Waals surface area contributed by atoms with Crippen molar-refractivity contribution >= 4 is 34.8 Å². The summed E-state index contributed by atoms with van der Waals surface area (Å²) in [6.07, 6.45) is 1.32. The number of hydrogen-bond donors (Lipinski definition) is 2. The Labute approximate surface area is 160 Å². The van der Waals surface area contributed by atoms with Gasteiger partial charge in [-0.3, -0.25) is 24.5 Å². The molecule has 1 saturated heterocycles. The Balaban J connectivity index is 1.57. The van der Waals surface area contributed by atoms with Gasteiger partial charge in [-0.1, -0.05) is 12.1 Å². The van der Waals surface area contributed by atoms with E-state index < -0.39 is 16.7 Å². The van der Waals surface area contributed by atoms with E-state index in [9.17, 15) is 24.5 Å². The first kappa shape index (κ1) is 19.0. The molecule has 3 amide bonds. The molecule has 0 aliphatic carbocycles. The summed E-state index contributed by atoms with van der Waals surface area (Å²) in [6, 6.07) is 12.2. The van der Waals surface area contributed by atoms with Crippen molar-refractivity contribution in [2.24, 2.45) is 0 Å². The van der Waals surface area contributed by atoms with E-state index in [1.54, 1.807) is 29.2 Å². The van der Waals surface area contributed by atoms with E-state index in [4.69, 9.17) is 0 Å². The fourth-order valence-corrected chi connectivity index (χ4v) is 2.90. The molecule has 0 spiro atoms. The maximum atomic E-state index is 12.1. The molecule has 1 aliphatic heterocycles. The van der Waals surface area contributed by atoms with Crippen LogP contribution in [0.5, 0.6) is 0 Å². The second kappa shape index (κ2) is 8.30. The minimum atomic E-state index is -0.596. The van der Waals surface area contributed by atoms with Crippen LogP contribution in [0.2, 0.25) is 0 Å². The van der Waals surface area contributed by atoms with E-state index in [2.05, 4.69) is 10.6 Å². The highest BCUT2D eigenvalue weighted by atomic mass is 16.6. The summed E-state index contributed by atoms with van der Waals surface area (Å²) < 4.78 is 0. The topological polar surface area (TPSA) is 122 Å². The fraction of sp³-hybridized carbons (Fsp3) is 0.211. The van der Waals surface area contributed by atoms with Crippen molar-refractivity contribution in [3.63, 3.8) is 0 Å². The third-order valence-electron chi connectivity index (χ3n) is 4.24. The molecule has 0 atom stereocenters.